The van der Waals surface area contributed by atoms with Crippen LogP contribution in [0.4, 0.5) is 0 Å². The van der Waals surface area contributed by atoms with Crippen LogP contribution in [0.3, 0.4) is 0 Å². The van der Waals surface area contributed by atoms with E-state index in [4.69, 9.17) is 10.2 Å². The fraction of sp³-hybridized carbons (Fsp3) is 0.895. The van der Waals surface area contributed by atoms with E-state index < -0.39 is 22.9 Å². The fourth-order valence-electron chi connectivity index (χ4n) is 3.08. The van der Waals surface area contributed by atoms with Gasteiger partial charge in [0.15, 0.2) is 0 Å². The van der Waals surface area contributed by atoms with Crippen LogP contribution in [0.25, 0.3) is 0 Å². The van der Waals surface area contributed by atoms with Crippen LogP contribution in [0.15, 0.2) is 0 Å². The summed E-state index contributed by atoms with van der Waals surface area (Å²) in [5.41, 5.74) is 0. The highest BCUT2D eigenvalue weighted by Crippen LogP contribution is 2.15. The highest BCUT2D eigenvalue weighted by molar-refractivity contribution is 5.67. The number of carboxylic acid groups (broad SMARTS) is 2. The number of nitrogens with zero attached hydrogens (tertiary/aromatic N) is 1. The van der Waals surface area contributed by atoms with E-state index in [0.29, 0.717) is 6.42 Å². The van der Waals surface area contributed by atoms with Gasteiger partial charge in [-0.2, -0.15) is 0 Å². The molecular weight excluding hydrogens is 338 g/mol. The average Bonchev–Trinajstić information content (AvgIpc) is 2.56. The standard InChI is InChI=1S/C19H35NO6/c21-18(22)15-13-11-9-7-5-3-1-2-4-6-8-10-12-14-17(20(25)26)16-19(23)24/h17H,1-16H2,(H,21,22)(H,23,24). The molecule has 0 aliphatic heterocycles. The minimum atomic E-state index is -1.10. The van der Waals surface area contributed by atoms with Gasteiger partial charge in [0.05, 0.1) is 0 Å². The summed E-state index contributed by atoms with van der Waals surface area (Å²) in [5.74, 6) is -1.81. The molecule has 1 atom stereocenters. The zero-order valence-electron chi connectivity index (χ0n) is 15.9. The van der Waals surface area contributed by atoms with Crippen molar-refractivity contribution < 1.29 is 24.7 Å². The van der Waals surface area contributed by atoms with E-state index >= 15 is 0 Å². The number of aliphatic carboxylic acids is 2. The van der Waals surface area contributed by atoms with Gasteiger partial charge in [0, 0.05) is 17.8 Å². The Morgan fingerprint density at radius 1 is 0.692 bits per heavy atom. The lowest BCUT2D eigenvalue weighted by Crippen LogP contribution is -2.22. The first-order chi connectivity index (χ1) is 12.4. The van der Waals surface area contributed by atoms with E-state index in [1.807, 2.05) is 0 Å². The molecule has 0 aliphatic rings. The maximum absolute atomic E-state index is 10.7. The first kappa shape index (κ1) is 24.3. The van der Waals surface area contributed by atoms with Crippen LogP contribution < -0.4 is 0 Å². The molecule has 0 aromatic rings. The SMILES string of the molecule is O=C(O)CCCCCCCCCCCCCCCC(CC(=O)O)[N+](=O)[O-]. The molecule has 0 aliphatic carbocycles. The number of nitro groups is 1. The zero-order valence-corrected chi connectivity index (χ0v) is 15.9. The zero-order chi connectivity index (χ0) is 19.6. The van der Waals surface area contributed by atoms with Crippen molar-refractivity contribution >= 4 is 11.9 Å². The van der Waals surface area contributed by atoms with Crippen LogP contribution in [0.1, 0.15) is 103 Å². The second-order valence-corrected chi connectivity index (χ2v) is 7.07. The highest BCUT2D eigenvalue weighted by Gasteiger charge is 2.22. The van der Waals surface area contributed by atoms with E-state index in [1.54, 1.807) is 0 Å². The lowest BCUT2D eigenvalue weighted by molar-refractivity contribution is -0.522. The predicted octanol–water partition coefficient (Wildman–Crippen LogP) is 5.04. The van der Waals surface area contributed by atoms with Gasteiger partial charge in [-0.1, -0.05) is 70.6 Å². The molecular formula is C19H35NO6. The Balaban J connectivity index is 3.29. The van der Waals surface area contributed by atoms with Crippen LogP contribution in [0.5, 0.6) is 0 Å². The van der Waals surface area contributed by atoms with Gasteiger partial charge in [-0.05, 0) is 12.8 Å². The van der Waals surface area contributed by atoms with Crippen LogP contribution in [-0.4, -0.2) is 33.1 Å². The molecule has 0 amide bonds. The molecule has 7 heteroatoms. The summed E-state index contributed by atoms with van der Waals surface area (Å²) >= 11 is 0. The van der Waals surface area contributed by atoms with Crippen molar-refractivity contribution in [2.75, 3.05) is 0 Å². The second kappa shape index (κ2) is 16.8. The maximum Gasteiger partial charge on any atom is 0.310 e. The van der Waals surface area contributed by atoms with Crippen molar-refractivity contribution in [1.29, 1.82) is 0 Å². The number of unbranched alkanes of at least 4 members (excludes halogenated alkanes) is 12. The van der Waals surface area contributed by atoms with Crippen molar-refractivity contribution in [3.05, 3.63) is 10.1 Å². The van der Waals surface area contributed by atoms with E-state index in [1.165, 1.54) is 38.5 Å². The summed E-state index contributed by atoms with van der Waals surface area (Å²) in [6, 6.07) is -0.948. The first-order valence-corrected chi connectivity index (χ1v) is 10.0. The minimum Gasteiger partial charge on any atom is -0.481 e. The Morgan fingerprint density at radius 2 is 1.08 bits per heavy atom. The third-order valence-electron chi connectivity index (χ3n) is 4.64. The summed E-state index contributed by atoms with van der Waals surface area (Å²) in [7, 11) is 0. The summed E-state index contributed by atoms with van der Waals surface area (Å²) in [6.45, 7) is 0. The summed E-state index contributed by atoms with van der Waals surface area (Å²) in [5, 5.41) is 27.9. The van der Waals surface area contributed by atoms with Crippen LogP contribution in [0, 0.1) is 10.1 Å². The highest BCUT2D eigenvalue weighted by atomic mass is 16.6. The first-order valence-electron chi connectivity index (χ1n) is 10.0. The number of hydrogen-bond donors (Lipinski definition) is 2. The van der Waals surface area contributed by atoms with Gasteiger partial charge in [-0.25, -0.2) is 0 Å². The topological polar surface area (TPSA) is 118 Å². The molecule has 1 unspecified atom stereocenters. The normalized spacial score (nSPS) is 12.0. The van der Waals surface area contributed by atoms with Gasteiger partial charge in [-0.3, -0.25) is 19.7 Å². The molecule has 0 radical (unpaired) electrons. The number of hydrogen-bond acceptors (Lipinski definition) is 4. The van der Waals surface area contributed by atoms with Crippen molar-refractivity contribution in [3.8, 4) is 0 Å². The quantitative estimate of drug-likeness (QED) is 0.186. The van der Waals surface area contributed by atoms with E-state index in [2.05, 4.69) is 0 Å². The Hall–Kier alpha value is -1.66. The Labute approximate surface area is 156 Å². The van der Waals surface area contributed by atoms with Crippen molar-refractivity contribution in [2.24, 2.45) is 0 Å². The third-order valence-corrected chi connectivity index (χ3v) is 4.64. The van der Waals surface area contributed by atoms with Crippen LogP contribution in [0.2, 0.25) is 0 Å². The van der Waals surface area contributed by atoms with E-state index in [0.717, 1.165) is 44.9 Å². The molecule has 0 bridgehead atoms. The Bertz CT molecular complexity index is 399. The van der Waals surface area contributed by atoms with Crippen LogP contribution in [-0.2, 0) is 9.59 Å². The summed E-state index contributed by atoms with van der Waals surface area (Å²) in [6.07, 6.45) is 14.3. The maximum atomic E-state index is 10.7. The predicted molar refractivity (Wildman–Crippen MR) is 99.9 cm³/mol. The van der Waals surface area contributed by atoms with Gasteiger partial charge < -0.3 is 10.2 Å². The summed E-state index contributed by atoms with van der Waals surface area (Å²) < 4.78 is 0. The van der Waals surface area contributed by atoms with E-state index in [-0.39, 0.29) is 12.8 Å². The largest absolute Gasteiger partial charge is 0.481 e. The van der Waals surface area contributed by atoms with Gasteiger partial charge in [-0.15, -0.1) is 0 Å². The molecule has 0 heterocycles. The number of carbonyl (C=O) groups is 2. The Kier molecular flexibility index (Phi) is 15.7. The van der Waals surface area contributed by atoms with Crippen molar-refractivity contribution in [3.63, 3.8) is 0 Å². The van der Waals surface area contributed by atoms with Gasteiger partial charge in [0.25, 0.3) is 0 Å². The molecule has 0 aromatic heterocycles. The molecule has 0 saturated carbocycles. The lowest BCUT2D eigenvalue weighted by atomic mass is 10.0. The fourth-order valence-corrected chi connectivity index (χ4v) is 3.08. The average molecular weight is 373 g/mol. The molecule has 7 nitrogen and oxygen atoms in total. The van der Waals surface area contributed by atoms with E-state index in [9.17, 15) is 19.7 Å². The Morgan fingerprint density at radius 3 is 1.42 bits per heavy atom. The molecule has 0 aromatic carbocycles. The summed E-state index contributed by atoms with van der Waals surface area (Å²) in [4.78, 5) is 31.2. The molecule has 2 N–H and O–H groups in total. The second-order valence-electron chi connectivity index (χ2n) is 7.07. The molecule has 26 heavy (non-hydrogen) atoms. The van der Waals surface area contributed by atoms with Crippen molar-refractivity contribution in [1.82, 2.24) is 0 Å². The molecule has 0 fully saturated rings. The third kappa shape index (κ3) is 17.2. The van der Waals surface area contributed by atoms with Gasteiger partial charge in [0.2, 0.25) is 6.04 Å². The van der Waals surface area contributed by atoms with Crippen LogP contribution >= 0.6 is 0 Å². The smallest absolute Gasteiger partial charge is 0.310 e. The molecule has 0 saturated heterocycles. The minimum absolute atomic E-state index is 0.284. The number of carboxylic acids is 2. The molecule has 152 valence electrons. The molecule has 0 spiro atoms. The molecule has 0 rings (SSSR count). The number of rotatable bonds is 19. The van der Waals surface area contributed by atoms with Gasteiger partial charge >= 0.3 is 11.9 Å². The van der Waals surface area contributed by atoms with Crippen molar-refractivity contribution in [2.45, 2.75) is 109 Å². The lowest BCUT2D eigenvalue weighted by Gasteiger charge is -2.07. The monoisotopic (exact) mass is 373 g/mol. The van der Waals surface area contributed by atoms with Gasteiger partial charge in [0.1, 0.15) is 6.42 Å².